The Balaban J connectivity index is 1.90. The zero-order chi connectivity index (χ0) is 16.7. The number of hydrogen-bond donors (Lipinski definition) is 1. The van der Waals surface area contributed by atoms with Gasteiger partial charge in [0.25, 0.3) is 0 Å². The van der Waals surface area contributed by atoms with Crippen molar-refractivity contribution < 1.29 is 14.3 Å². The number of aromatic nitrogens is 1. The molecule has 2 heterocycles. The van der Waals surface area contributed by atoms with Crippen LogP contribution in [0, 0.1) is 0 Å². The van der Waals surface area contributed by atoms with Gasteiger partial charge in [0.05, 0.1) is 19.3 Å². The number of amides is 2. The van der Waals surface area contributed by atoms with E-state index in [9.17, 15) is 9.59 Å². The lowest BCUT2D eigenvalue weighted by Crippen LogP contribution is -2.49. The lowest BCUT2D eigenvalue weighted by molar-refractivity contribution is -0.138. The lowest BCUT2D eigenvalue weighted by atomic mass is 10.2. The number of likely N-dealkylation sites (N-methyl/N-ethyl adjacent to an activating group) is 1. The summed E-state index contributed by atoms with van der Waals surface area (Å²) in [6.45, 7) is 2.55. The zero-order valence-electron chi connectivity index (χ0n) is 13.5. The number of carbonyl (C=O) groups excluding carboxylic acids is 2. The fraction of sp³-hybridized carbons (Fsp3) is 0.562. The van der Waals surface area contributed by atoms with Crippen molar-refractivity contribution in [2.45, 2.75) is 18.9 Å². The molecule has 0 spiro atoms. The number of pyridine rings is 1. The second kappa shape index (κ2) is 8.59. The monoisotopic (exact) mass is 320 g/mol. The van der Waals surface area contributed by atoms with E-state index in [1.807, 2.05) is 25.2 Å². The lowest BCUT2D eigenvalue weighted by Gasteiger charge is -2.33. The van der Waals surface area contributed by atoms with Gasteiger partial charge in [0.2, 0.25) is 11.8 Å². The maximum atomic E-state index is 12.4. The molecule has 2 rings (SSSR count). The average molecular weight is 320 g/mol. The van der Waals surface area contributed by atoms with Crippen molar-refractivity contribution in [1.82, 2.24) is 14.8 Å². The summed E-state index contributed by atoms with van der Waals surface area (Å²) in [6.07, 6.45) is 2.45. The van der Waals surface area contributed by atoms with Crippen molar-refractivity contribution in [2.75, 3.05) is 39.8 Å². The standard InChI is InChI=1S/C16H24N4O3/c1-19-8-9-23-14(10-19)11-20(12-15(17)21)16(22)6-5-13-4-2-3-7-18-13/h2-4,7,14H,5-6,8-12H2,1H3,(H2,17,21)/t14-/m1/s1. The van der Waals surface area contributed by atoms with Crippen LogP contribution in [0.3, 0.4) is 0 Å². The van der Waals surface area contributed by atoms with E-state index in [4.69, 9.17) is 10.5 Å². The smallest absolute Gasteiger partial charge is 0.237 e. The summed E-state index contributed by atoms with van der Waals surface area (Å²) in [5.41, 5.74) is 6.13. The van der Waals surface area contributed by atoms with Crippen LogP contribution in [0.4, 0.5) is 0 Å². The number of nitrogens with two attached hydrogens (primary N) is 1. The Morgan fingerprint density at radius 1 is 1.48 bits per heavy atom. The van der Waals surface area contributed by atoms with Gasteiger partial charge in [0, 0.05) is 37.9 Å². The minimum absolute atomic E-state index is 0.0787. The van der Waals surface area contributed by atoms with Gasteiger partial charge in [0.15, 0.2) is 0 Å². The van der Waals surface area contributed by atoms with Crippen LogP contribution in [-0.4, -0.2) is 72.5 Å². The number of nitrogens with zero attached hydrogens (tertiary/aromatic N) is 3. The van der Waals surface area contributed by atoms with E-state index in [1.165, 1.54) is 4.90 Å². The van der Waals surface area contributed by atoms with E-state index < -0.39 is 5.91 Å². The maximum absolute atomic E-state index is 12.4. The van der Waals surface area contributed by atoms with Crippen LogP contribution in [-0.2, 0) is 20.7 Å². The van der Waals surface area contributed by atoms with Gasteiger partial charge in [-0.05, 0) is 25.6 Å². The zero-order valence-corrected chi connectivity index (χ0v) is 13.5. The normalized spacial score (nSPS) is 18.6. The van der Waals surface area contributed by atoms with E-state index in [0.717, 1.165) is 18.8 Å². The molecular formula is C16H24N4O3. The van der Waals surface area contributed by atoms with Crippen LogP contribution in [0.1, 0.15) is 12.1 Å². The molecule has 2 N–H and O–H groups in total. The molecule has 23 heavy (non-hydrogen) atoms. The molecule has 1 aromatic heterocycles. The number of rotatable bonds is 7. The molecule has 0 aliphatic carbocycles. The first-order valence-electron chi connectivity index (χ1n) is 7.80. The minimum Gasteiger partial charge on any atom is -0.374 e. The Bertz CT molecular complexity index is 523. The number of hydrogen-bond acceptors (Lipinski definition) is 5. The fourth-order valence-electron chi connectivity index (χ4n) is 2.60. The highest BCUT2D eigenvalue weighted by atomic mass is 16.5. The van der Waals surface area contributed by atoms with E-state index in [2.05, 4.69) is 9.88 Å². The number of morpholine rings is 1. The first kappa shape index (κ1) is 17.4. The van der Waals surface area contributed by atoms with Crippen molar-refractivity contribution >= 4 is 11.8 Å². The van der Waals surface area contributed by atoms with Gasteiger partial charge in [-0.3, -0.25) is 14.6 Å². The molecule has 7 nitrogen and oxygen atoms in total. The van der Waals surface area contributed by atoms with Crippen molar-refractivity contribution in [3.63, 3.8) is 0 Å². The Morgan fingerprint density at radius 2 is 2.30 bits per heavy atom. The Labute approximate surface area is 136 Å². The van der Waals surface area contributed by atoms with Crippen molar-refractivity contribution in [3.05, 3.63) is 30.1 Å². The topological polar surface area (TPSA) is 88.8 Å². The summed E-state index contributed by atoms with van der Waals surface area (Å²) < 4.78 is 5.67. The highest BCUT2D eigenvalue weighted by Gasteiger charge is 2.24. The summed E-state index contributed by atoms with van der Waals surface area (Å²) in [6, 6.07) is 5.60. The van der Waals surface area contributed by atoms with Crippen LogP contribution < -0.4 is 5.73 Å². The molecule has 0 bridgehead atoms. The average Bonchev–Trinajstić information content (AvgIpc) is 2.52. The summed E-state index contributed by atoms with van der Waals surface area (Å²) in [7, 11) is 2.01. The molecule has 0 unspecified atom stereocenters. The van der Waals surface area contributed by atoms with Crippen LogP contribution in [0.2, 0.25) is 0 Å². The molecule has 1 fully saturated rings. The second-order valence-corrected chi connectivity index (χ2v) is 5.82. The molecule has 1 aliphatic rings. The van der Waals surface area contributed by atoms with Gasteiger partial charge in [-0.1, -0.05) is 6.07 Å². The number of aryl methyl sites for hydroxylation is 1. The van der Waals surface area contributed by atoms with Crippen LogP contribution in [0.25, 0.3) is 0 Å². The van der Waals surface area contributed by atoms with Crippen LogP contribution in [0.5, 0.6) is 0 Å². The highest BCUT2D eigenvalue weighted by molar-refractivity contribution is 5.83. The minimum atomic E-state index is -0.514. The summed E-state index contributed by atoms with van der Waals surface area (Å²) >= 11 is 0. The molecule has 0 aromatic carbocycles. The Hall–Kier alpha value is -1.99. The molecule has 1 atom stereocenters. The quantitative estimate of drug-likeness (QED) is 0.742. The molecule has 1 aliphatic heterocycles. The summed E-state index contributed by atoms with van der Waals surface area (Å²) in [5.74, 6) is -0.619. The van der Waals surface area contributed by atoms with Gasteiger partial charge >= 0.3 is 0 Å². The molecule has 1 saturated heterocycles. The van der Waals surface area contributed by atoms with Crippen molar-refractivity contribution in [3.8, 4) is 0 Å². The SMILES string of the molecule is CN1CCO[C@@H](CN(CC(N)=O)C(=O)CCc2ccccn2)C1. The first-order valence-corrected chi connectivity index (χ1v) is 7.80. The predicted octanol–water partition coefficient (Wildman–Crippen LogP) is -0.341. The van der Waals surface area contributed by atoms with Gasteiger partial charge in [0.1, 0.15) is 0 Å². The molecule has 7 heteroatoms. The number of primary amides is 1. The van der Waals surface area contributed by atoms with E-state index >= 15 is 0 Å². The highest BCUT2D eigenvalue weighted by Crippen LogP contribution is 2.08. The summed E-state index contributed by atoms with van der Waals surface area (Å²) in [4.78, 5) is 31.5. The molecule has 0 saturated carbocycles. The third kappa shape index (κ3) is 5.96. The fourth-order valence-corrected chi connectivity index (χ4v) is 2.60. The number of ether oxygens (including phenoxy) is 1. The Morgan fingerprint density at radius 3 is 2.96 bits per heavy atom. The van der Waals surface area contributed by atoms with E-state index in [-0.39, 0.29) is 18.6 Å². The maximum Gasteiger partial charge on any atom is 0.237 e. The van der Waals surface area contributed by atoms with Gasteiger partial charge in [-0.2, -0.15) is 0 Å². The molecule has 126 valence electrons. The predicted molar refractivity (Wildman–Crippen MR) is 85.6 cm³/mol. The largest absolute Gasteiger partial charge is 0.374 e. The van der Waals surface area contributed by atoms with Gasteiger partial charge < -0.3 is 20.3 Å². The molecule has 2 amide bonds. The molecule has 0 radical (unpaired) electrons. The van der Waals surface area contributed by atoms with Crippen molar-refractivity contribution in [2.24, 2.45) is 5.73 Å². The summed E-state index contributed by atoms with van der Waals surface area (Å²) in [5, 5.41) is 0. The van der Waals surface area contributed by atoms with Gasteiger partial charge in [-0.15, -0.1) is 0 Å². The number of carbonyl (C=O) groups is 2. The third-order valence-electron chi connectivity index (χ3n) is 3.79. The Kier molecular flexibility index (Phi) is 6.49. The van der Waals surface area contributed by atoms with E-state index in [1.54, 1.807) is 6.20 Å². The second-order valence-electron chi connectivity index (χ2n) is 5.82. The molecular weight excluding hydrogens is 296 g/mol. The van der Waals surface area contributed by atoms with Crippen LogP contribution in [0.15, 0.2) is 24.4 Å². The van der Waals surface area contributed by atoms with E-state index in [0.29, 0.717) is 26.0 Å². The third-order valence-corrected chi connectivity index (χ3v) is 3.79. The first-order chi connectivity index (χ1) is 11.0. The van der Waals surface area contributed by atoms with Crippen molar-refractivity contribution in [1.29, 1.82) is 0 Å². The van der Waals surface area contributed by atoms with Crippen LogP contribution >= 0.6 is 0 Å². The molecule has 1 aromatic rings. The van der Waals surface area contributed by atoms with Gasteiger partial charge in [-0.25, -0.2) is 0 Å².